The molecule has 0 aliphatic rings. The topological polar surface area (TPSA) is 54.9 Å². The van der Waals surface area contributed by atoms with Gasteiger partial charge in [0, 0.05) is 11.3 Å². The molecule has 2 aromatic carbocycles. The zero-order valence-corrected chi connectivity index (χ0v) is 16.0. The number of carbonyl (C=O) groups excluding carboxylic acids is 1. The van der Waals surface area contributed by atoms with Crippen LogP contribution in [-0.4, -0.2) is 21.0 Å². The summed E-state index contributed by atoms with van der Waals surface area (Å²) in [7, 11) is 0. The van der Waals surface area contributed by atoms with Crippen molar-refractivity contribution in [2.75, 3.05) is 11.1 Å². The number of carbonyl (C=O) groups is 1. The van der Waals surface area contributed by atoms with Gasteiger partial charge in [-0.1, -0.05) is 41.6 Å². The maximum Gasteiger partial charge on any atom is 0.234 e. The zero-order valence-electron chi connectivity index (χ0n) is 14.4. The summed E-state index contributed by atoms with van der Waals surface area (Å²) in [6, 6.07) is 14.1. The summed E-state index contributed by atoms with van der Waals surface area (Å²) in [6.07, 6.45) is 0. The zero-order chi connectivity index (χ0) is 17.8. The second-order valence-corrected chi connectivity index (χ2v) is 7.94. The van der Waals surface area contributed by atoms with E-state index < -0.39 is 0 Å². The number of aromatic nitrogens is 2. The van der Waals surface area contributed by atoms with Crippen LogP contribution in [0, 0.1) is 20.8 Å². The lowest BCUT2D eigenvalue weighted by molar-refractivity contribution is -0.113. The Bertz CT molecular complexity index is 885. The average molecular weight is 370 g/mol. The molecule has 0 saturated carbocycles. The highest BCUT2D eigenvalue weighted by atomic mass is 32.2. The molecule has 1 amide bonds. The van der Waals surface area contributed by atoms with Crippen LogP contribution in [0.2, 0.25) is 0 Å². The van der Waals surface area contributed by atoms with Gasteiger partial charge in [0.1, 0.15) is 0 Å². The van der Waals surface area contributed by atoms with E-state index in [1.165, 1.54) is 28.9 Å². The van der Waals surface area contributed by atoms with E-state index in [4.69, 9.17) is 0 Å². The lowest BCUT2D eigenvalue weighted by Crippen LogP contribution is -2.14. The summed E-state index contributed by atoms with van der Waals surface area (Å²) in [5.74, 6) is 0.989. The van der Waals surface area contributed by atoms with Gasteiger partial charge in [-0.15, -0.1) is 0 Å². The summed E-state index contributed by atoms with van der Waals surface area (Å²) in [5, 5.41) is 2.94. The van der Waals surface area contributed by atoms with E-state index in [1.807, 2.05) is 51.1 Å². The molecule has 3 rings (SSSR count). The highest BCUT2D eigenvalue weighted by molar-refractivity contribution is 8.01. The Morgan fingerprint density at radius 3 is 2.56 bits per heavy atom. The van der Waals surface area contributed by atoms with Crippen molar-refractivity contribution in [2.24, 2.45) is 0 Å². The Morgan fingerprint density at radius 2 is 1.84 bits per heavy atom. The Balaban J connectivity index is 1.59. The van der Waals surface area contributed by atoms with Gasteiger partial charge in [0.15, 0.2) is 10.2 Å². The van der Waals surface area contributed by atoms with E-state index >= 15 is 0 Å². The van der Waals surface area contributed by atoms with Gasteiger partial charge in [0.05, 0.1) is 5.75 Å². The standard InChI is InChI=1S/C19H19N3OS2/c1-12-5-4-6-15(8-12)18-21-19(25-22-18)24-11-17(23)20-16-9-13(2)7-14(3)10-16/h4-10H,11H2,1-3H3,(H,20,23). The van der Waals surface area contributed by atoms with Crippen molar-refractivity contribution in [2.45, 2.75) is 25.1 Å². The third-order valence-corrected chi connectivity index (χ3v) is 5.35. The summed E-state index contributed by atoms with van der Waals surface area (Å²) in [4.78, 5) is 16.7. The first-order valence-corrected chi connectivity index (χ1v) is 9.67. The maximum absolute atomic E-state index is 12.2. The third kappa shape index (κ3) is 4.90. The summed E-state index contributed by atoms with van der Waals surface area (Å²) in [5.41, 5.74) is 5.28. The number of hydrogen-bond donors (Lipinski definition) is 1. The normalized spacial score (nSPS) is 10.7. The molecule has 1 aromatic heterocycles. The monoisotopic (exact) mass is 369 g/mol. The predicted molar refractivity (Wildman–Crippen MR) is 105 cm³/mol. The molecule has 3 aromatic rings. The summed E-state index contributed by atoms with van der Waals surface area (Å²) in [6.45, 7) is 6.08. The Kier molecular flexibility index (Phi) is 5.50. The van der Waals surface area contributed by atoms with E-state index in [2.05, 4.69) is 26.8 Å². The molecule has 0 aliphatic heterocycles. The highest BCUT2D eigenvalue weighted by Crippen LogP contribution is 2.26. The molecule has 0 aliphatic carbocycles. The molecule has 4 nitrogen and oxygen atoms in total. The van der Waals surface area contributed by atoms with Gasteiger partial charge < -0.3 is 5.32 Å². The molecule has 1 N–H and O–H groups in total. The van der Waals surface area contributed by atoms with E-state index in [0.717, 1.165) is 26.7 Å². The fourth-order valence-electron chi connectivity index (χ4n) is 2.54. The fraction of sp³-hybridized carbons (Fsp3) is 0.211. The van der Waals surface area contributed by atoms with Crippen molar-refractivity contribution in [1.82, 2.24) is 9.36 Å². The summed E-state index contributed by atoms with van der Waals surface area (Å²) < 4.78 is 5.19. The van der Waals surface area contributed by atoms with Crippen molar-refractivity contribution in [3.63, 3.8) is 0 Å². The van der Waals surface area contributed by atoms with Gasteiger partial charge in [0.2, 0.25) is 5.91 Å². The molecule has 0 radical (unpaired) electrons. The Hall–Kier alpha value is -2.18. The van der Waals surface area contributed by atoms with Crippen LogP contribution >= 0.6 is 23.3 Å². The molecule has 0 atom stereocenters. The Morgan fingerprint density at radius 1 is 1.08 bits per heavy atom. The number of nitrogens with zero attached hydrogens (tertiary/aromatic N) is 2. The second-order valence-electron chi connectivity index (χ2n) is 5.97. The van der Waals surface area contributed by atoms with Crippen LogP contribution in [-0.2, 0) is 4.79 Å². The van der Waals surface area contributed by atoms with E-state index in [0.29, 0.717) is 11.6 Å². The molecular formula is C19H19N3OS2. The van der Waals surface area contributed by atoms with Crippen LogP contribution < -0.4 is 5.32 Å². The van der Waals surface area contributed by atoms with Gasteiger partial charge in [-0.25, -0.2) is 4.98 Å². The van der Waals surface area contributed by atoms with E-state index in [9.17, 15) is 4.79 Å². The fourth-order valence-corrected chi connectivity index (χ4v) is 3.96. The van der Waals surface area contributed by atoms with Gasteiger partial charge >= 0.3 is 0 Å². The number of anilines is 1. The second kappa shape index (κ2) is 7.80. The minimum Gasteiger partial charge on any atom is -0.325 e. The molecular weight excluding hydrogens is 350 g/mol. The molecule has 0 unspecified atom stereocenters. The third-order valence-electron chi connectivity index (χ3n) is 3.52. The van der Waals surface area contributed by atoms with Crippen LogP contribution in [0.25, 0.3) is 11.4 Å². The van der Waals surface area contributed by atoms with Gasteiger partial charge in [0.25, 0.3) is 0 Å². The minimum absolute atomic E-state index is 0.0395. The highest BCUT2D eigenvalue weighted by Gasteiger charge is 2.10. The largest absolute Gasteiger partial charge is 0.325 e. The van der Waals surface area contributed by atoms with E-state index in [1.54, 1.807) is 0 Å². The average Bonchev–Trinajstić information content (AvgIpc) is 3.01. The molecule has 0 saturated heterocycles. The number of thioether (sulfide) groups is 1. The maximum atomic E-state index is 12.2. The molecule has 0 bridgehead atoms. The van der Waals surface area contributed by atoms with Gasteiger partial charge in [-0.3, -0.25) is 4.79 Å². The Labute approximate surface area is 155 Å². The number of nitrogens with one attached hydrogen (secondary N) is 1. The van der Waals surface area contributed by atoms with Crippen LogP contribution in [0.15, 0.2) is 46.8 Å². The number of amides is 1. The molecule has 6 heteroatoms. The van der Waals surface area contributed by atoms with Crippen LogP contribution in [0.1, 0.15) is 16.7 Å². The molecule has 0 fully saturated rings. The van der Waals surface area contributed by atoms with Crippen molar-refractivity contribution < 1.29 is 4.79 Å². The SMILES string of the molecule is Cc1cc(C)cc(NC(=O)CSc2nc(-c3cccc(C)c3)ns2)c1. The quantitative estimate of drug-likeness (QED) is 0.653. The molecule has 128 valence electrons. The van der Waals surface area contributed by atoms with Crippen LogP contribution in [0.4, 0.5) is 5.69 Å². The first-order chi connectivity index (χ1) is 12.0. The number of hydrogen-bond acceptors (Lipinski definition) is 5. The van der Waals surface area contributed by atoms with Gasteiger partial charge in [-0.2, -0.15) is 4.37 Å². The first kappa shape index (κ1) is 17.6. The van der Waals surface area contributed by atoms with E-state index in [-0.39, 0.29) is 5.91 Å². The number of aryl methyl sites for hydroxylation is 3. The summed E-state index contributed by atoms with van der Waals surface area (Å²) >= 11 is 2.73. The van der Waals surface area contributed by atoms with Gasteiger partial charge in [-0.05, 0) is 61.6 Å². The lowest BCUT2D eigenvalue weighted by Gasteiger charge is -2.06. The molecule has 1 heterocycles. The van der Waals surface area contributed by atoms with Crippen molar-refractivity contribution in [3.05, 3.63) is 59.2 Å². The number of rotatable bonds is 5. The van der Waals surface area contributed by atoms with Crippen molar-refractivity contribution in [1.29, 1.82) is 0 Å². The minimum atomic E-state index is -0.0395. The molecule has 0 spiro atoms. The smallest absolute Gasteiger partial charge is 0.234 e. The van der Waals surface area contributed by atoms with Crippen LogP contribution in [0.3, 0.4) is 0 Å². The number of benzene rings is 2. The molecule has 25 heavy (non-hydrogen) atoms. The predicted octanol–water partition coefficient (Wildman–Crippen LogP) is 4.86. The lowest BCUT2D eigenvalue weighted by atomic mass is 10.1. The van der Waals surface area contributed by atoms with Crippen molar-refractivity contribution in [3.8, 4) is 11.4 Å². The van der Waals surface area contributed by atoms with Crippen molar-refractivity contribution >= 4 is 34.9 Å². The first-order valence-electron chi connectivity index (χ1n) is 7.91. The van der Waals surface area contributed by atoms with Crippen LogP contribution in [0.5, 0.6) is 0 Å².